The maximum absolute atomic E-state index is 13.8. The fourth-order valence-corrected chi connectivity index (χ4v) is 6.74. The molecule has 2 aromatic rings. The van der Waals surface area contributed by atoms with E-state index in [1.807, 2.05) is 6.07 Å². The number of aliphatic hydroxyl groups is 1. The lowest BCUT2D eigenvalue weighted by Gasteiger charge is -2.40. The first-order valence-electron chi connectivity index (χ1n) is 10.9. The van der Waals surface area contributed by atoms with Gasteiger partial charge >= 0.3 is 13.6 Å². The molecule has 9 heteroatoms. The van der Waals surface area contributed by atoms with Crippen LogP contribution in [0, 0.1) is 17.7 Å². The van der Waals surface area contributed by atoms with E-state index in [1.165, 1.54) is 24.3 Å². The molecule has 2 rings (SSSR count). The molecule has 0 aliphatic heterocycles. The van der Waals surface area contributed by atoms with Crippen LogP contribution >= 0.6 is 20.2 Å². The highest BCUT2D eigenvalue weighted by atomic mass is 32.1. The van der Waals surface area contributed by atoms with Gasteiger partial charge < -0.3 is 19.3 Å². The van der Waals surface area contributed by atoms with Gasteiger partial charge in [-0.25, -0.2) is 4.39 Å². The van der Waals surface area contributed by atoms with E-state index in [2.05, 4.69) is 12.6 Å². The molecule has 0 spiro atoms. The van der Waals surface area contributed by atoms with E-state index < -0.39 is 48.9 Å². The van der Waals surface area contributed by atoms with Gasteiger partial charge in [-0.1, -0.05) is 49.4 Å². The largest absolute Gasteiger partial charge is 0.481 e. The van der Waals surface area contributed by atoms with Crippen molar-refractivity contribution < 1.29 is 33.0 Å². The second-order valence-electron chi connectivity index (χ2n) is 7.83. The number of thiol groups is 1. The summed E-state index contributed by atoms with van der Waals surface area (Å²) in [6, 6.07) is 14.3. The molecule has 2 aromatic carbocycles. The zero-order chi connectivity index (χ0) is 24.6. The average Bonchev–Trinajstić information content (AvgIpc) is 2.79. The molecule has 0 aliphatic carbocycles. The SMILES string of the molecule is CCOP(=O)(OCC)C(C(=O)O)C(C(C)CS)C(c1ccccc1)C(O)c1ccc(F)cc1. The van der Waals surface area contributed by atoms with Crippen molar-refractivity contribution in [2.24, 2.45) is 11.8 Å². The number of carboxylic acids is 1. The maximum Gasteiger partial charge on any atom is 0.345 e. The predicted octanol–water partition coefficient (Wildman–Crippen LogP) is 5.54. The number of hydrogen-bond donors (Lipinski definition) is 3. The molecule has 33 heavy (non-hydrogen) atoms. The molecule has 182 valence electrons. The van der Waals surface area contributed by atoms with E-state index in [9.17, 15) is 24.0 Å². The molecule has 0 saturated heterocycles. The first-order valence-corrected chi connectivity index (χ1v) is 13.1. The van der Waals surface area contributed by atoms with Crippen molar-refractivity contribution in [1.29, 1.82) is 0 Å². The number of aliphatic carboxylic acids is 1. The van der Waals surface area contributed by atoms with Crippen molar-refractivity contribution in [3.63, 3.8) is 0 Å². The number of benzene rings is 2. The lowest BCUT2D eigenvalue weighted by molar-refractivity contribution is -0.139. The first kappa shape index (κ1) is 27.5. The van der Waals surface area contributed by atoms with Gasteiger partial charge in [0.15, 0.2) is 5.66 Å². The molecule has 0 radical (unpaired) electrons. The molecule has 0 amide bonds. The highest BCUT2D eigenvalue weighted by Gasteiger charge is 2.52. The van der Waals surface area contributed by atoms with Crippen LogP contribution in [0.5, 0.6) is 0 Å². The van der Waals surface area contributed by atoms with E-state index in [4.69, 9.17) is 9.05 Å². The van der Waals surface area contributed by atoms with E-state index in [-0.39, 0.29) is 19.0 Å². The van der Waals surface area contributed by atoms with Gasteiger partial charge in [0.05, 0.1) is 19.3 Å². The van der Waals surface area contributed by atoms with Crippen LogP contribution in [0.25, 0.3) is 0 Å². The Labute approximate surface area is 200 Å². The summed E-state index contributed by atoms with van der Waals surface area (Å²) >= 11 is 4.40. The Morgan fingerprint density at radius 3 is 2.03 bits per heavy atom. The summed E-state index contributed by atoms with van der Waals surface area (Å²) in [5, 5.41) is 21.8. The van der Waals surface area contributed by atoms with E-state index in [0.29, 0.717) is 11.1 Å². The average molecular weight is 499 g/mol. The number of hydrogen-bond acceptors (Lipinski definition) is 6. The predicted molar refractivity (Wildman–Crippen MR) is 129 cm³/mol. The normalized spacial score (nSPS) is 16.5. The lowest BCUT2D eigenvalue weighted by Crippen LogP contribution is -2.41. The van der Waals surface area contributed by atoms with E-state index in [0.717, 1.165) is 0 Å². The van der Waals surface area contributed by atoms with Crippen LogP contribution in [0.15, 0.2) is 54.6 Å². The first-order chi connectivity index (χ1) is 15.7. The molecule has 0 aromatic heterocycles. The van der Waals surface area contributed by atoms with Gasteiger partial charge in [0, 0.05) is 5.92 Å². The second kappa shape index (κ2) is 12.7. The Morgan fingerprint density at radius 1 is 1.03 bits per heavy atom. The highest BCUT2D eigenvalue weighted by Crippen LogP contribution is 2.60. The molecule has 6 nitrogen and oxygen atoms in total. The smallest absolute Gasteiger partial charge is 0.345 e. The Hall–Kier alpha value is -1.70. The summed E-state index contributed by atoms with van der Waals surface area (Å²) in [5.74, 6) is -3.62. The van der Waals surface area contributed by atoms with Gasteiger partial charge in [-0.15, -0.1) is 0 Å². The number of carboxylic acid groups (broad SMARTS) is 1. The zero-order valence-corrected chi connectivity index (χ0v) is 20.8. The van der Waals surface area contributed by atoms with E-state index >= 15 is 0 Å². The third-order valence-corrected chi connectivity index (χ3v) is 8.73. The molecule has 0 fully saturated rings. The summed E-state index contributed by atoms with van der Waals surface area (Å²) in [6.45, 7) is 5.02. The Bertz CT molecular complexity index is 916. The molecular weight excluding hydrogens is 466 g/mol. The third-order valence-electron chi connectivity index (χ3n) is 5.67. The highest BCUT2D eigenvalue weighted by molar-refractivity contribution is 7.80. The topological polar surface area (TPSA) is 93.1 Å². The molecule has 5 atom stereocenters. The van der Waals surface area contributed by atoms with Crippen LogP contribution in [0.3, 0.4) is 0 Å². The Balaban J connectivity index is 2.75. The van der Waals surface area contributed by atoms with Crippen LogP contribution in [-0.4, -0.2) is 40.8 Å². The minimum absolute atomic E-state index is 0.000443. The van der Waals surface area contributed by atoms with Crippen molar-refractivity contribution in [3.05, 3.63) is 71.5 Å². The monoisotopic (exact) mass is 498 g/mol. The Morgan fingerprint density at radius 2 is 1.58 bits per heavy atom. The summed E-state index contributed by atoms with van der Waals surface area (Å²) in [6.07, 6.45) is -1.21. The number of carbonyl (C=O) groups is 1. The quantitative estimate of drug-likeness (QED) is 0.248. The second-order valence-corrected chi connectivity index (χ2v) is 10.3. The van der Waals surface area contributed by atoms with Gasteiger partial charge in [-0.2, -0.15) is 12.6 Å². The van der Waals surface area contributed by atoms with Crippen molar-refractivity contribution in [2.75, 3.05) is 19.0 Å². The van der Waals surface area contributed by atoms with Crippen LogP contribution < -0.4 is 0 Å². The lowest BCUT2D eigenvalue weighted by atomic mass is 9.72. The van der Waals surface area contributed by atoms with Gasteiger partial charge in [0.25, 0.3) is 0 Å². The molecule has 0 saturated carbocycles. The van der Waals surface area contributed by atoms with Crippen LogP contribution in [-0.2, 0) is 18.4 Å². The van der Waals surface area contributed by atoms with Crippen molar-refractivity contribution in [2.45, 2.75) is 38.5 Å². The molecule has 5 unspecified atom stereocenters. The Kier molecular flexibility index (Phi) is 10.6. The standard InChI is InChI=1S/C24H32FO6PS/c1-4-30-32(29,31-5-2)23(24(27)28)20(16(3)15-33)21(17-9-7-6-8-10-17)22(26)18-11-13-19(25)14-12-18/h6-14,16,20-23,26,33H,4-5,15H2,1-3H3,(H,27,28). The molecule has 0 heterocycles. The summed E-state index contributed by atoms with van der Waals surface area (Å²) in [7, 11) is -4.13. The molecular formula is C24H32FO6PS. The van der Waals surface area contributed by atoms with Crippen molar-refractivity contribution >= 4 is 26.2 Å². The summed E-state index contributed by atoms with van der Waals surface area (Å²) in [4.78, 5) is 12.6. The zero-order valence-electron chi connectivity index (χ0n) is 19.0. The van der Waals surface area contributed by atoms with Crippen LogP contribution in [0.2, 0.25) is 0 Å². The fraction of sp³-hybridized carbons (Fsp3) is 0.458. The molecule has 0 bridgehead atoms. The van der Waals surface area contributed by atoms with Crippen molar-refractivity contribution in [3.8, 4) is 0 Å². The minimum atomic E-state index is -4.13. The van der Waals surface area contributed by atoms with E-state index in [1.54, 1.807) is 45.0 Å². The third kappa shape index (κ3) is 6.67. The van der Waals surface area contributed by atoms with Crippen LogP contribution in [0.1, 0.15) is 43.9 Å². The van der Waals surface area contributed by atoms with Gasteiger partial charge in [-0.3, -0.25) is 9.36 Å². The number of halogens is 1. The summed E-state index contributed by atoms with van der Waals surface area (Å²) in [5.41, 5.74) is -0.494. The molecule has 2 N–H and O–H groups in total. The minimum Gasteiger partial charge on any atom is -0.481 e. The fourth-order valence-electron chi connectivity index (χ4n) is 4.21. The van der Waals surface area contributed by atoms with Gasteiger partial charge in [0.1, 0.15) is 5.82 Å². The maximum atomic E-state index is 13.8. The van der Waals surface area contributed by atoms with Crippen molar-refractivity contribution in [1.82, 2.24) is 0 Å². The van der Waals surface area contributed by atoms with Gasteiger partial charge in [0.2, 0.25) is 0 Å². The van der Waals surface area contributed by atoms with Gasteiger partial charge in [-0.05, 0) is 54.7 Å². The van der Waals surface area contributed by atoms with Crippen LogP contribution in [0.4, 0.5) is 4.39 Å². The molecule has 0 aliphatic rings. The number of aliphatic hydroxyl groups excluding tert-OH is 1. The summed E-state index contributed by atoms with van der Waals surface area (Å²) < 4.78 is 38.2. The number of rotatable bonds is 13.